The van der Waals surface area contributed by atoms with E-state index in [-0.39, 0.29) is 5.91 Å². The maximum atomic E-state index is 11.9. The van der Waals surface area contributed by atoms with Crippen molar-refractivity contribution in [3.05, 3.63) is 29.8 Å². The molecule has 2 rings (SSSR count). The second-order valence-corrected chi connectivity index (χ2v) is 5.69. The van der Waals surface area contributed by atoms with E-state index < -0.39 is 0 Å². The van der Waals surface area contributed by atoms with Gasteiger partial charge in [-0.05, 0) is 50.9 Å². The standard InChI is InChI=1S/C16H24N2O/c1-13-3-5-15(6-4-13)17-16(19)9-12-18-10-7-14(2)8-11-18/h3-6,14H,7-12H2,1-2H3,(H,17,19). The molecule has 0 saturated carbocycles. The van der Waals surface area contributed by atoms with E-state index in [9.17, 15) is 4.79 Å². The SMILES string of the molecule is Cc1ccc(NC(=O)CCN2CCC(C)CC2)cc1. The quantitative estimate of drug-likeness (QED) is 0.902. The van der Waals surface area contributed by atoms with E-state index in [1.54, 1.807) is 0 Å². The van der Waals surface area contributed by atoms with Gasteiger partial charge in [-0.25, -0.2) is 0 Å². The molecular weight excluding hydrogens is 236 g/mol. The van der Waals surface area contributed by atoms with Crippen molar-refractivity contribution in [2.75, 3.05) is 25.0 Å². The van der Waals surface area contributed by atoms with Gasteiger partial charge in [0.15, 0.2) is 0 Å². The van der Waals surface area contributed by atoms with Crippen LogP contribution in [0.1, 0.15) is 31.7 Å². The lowest BCUT2D eigenvalue weighted by molar-refractivity contribution is -0.116. The van der Waals surface area contributed by atoms with Gasteiger partial charge in [-0.3, -0.25) is 4.79 Å². The predicted octanol–water partition coefficient (Wildman–Crippen LogP) is 3.06. The van der Waals surface area contributed by atoms with Gasteiger partial charge in [0.25, 0.3) is 0 Å². The Morgan fingerprint density at radius 3 is 2.53 bits per heavy atom. The first-order valence-electron chi connectivity index (χ1n) is 7.22. The Hall–Kier alpha value is -1.35. The fourth-order valence-electron chi connectivity index (χ4n) is 2.41. The third-order valence-electron chi connectivity index (χ3n) is 3.87. The molecule has 1 fully saturated rings. The van der Waals surface area contributed by atoms with Crippen LogP contribution in [-0.4, -0.2) is 30.4 Å². The van der Waals surface area contributed by atoms with Crippen molar-refractivity contribution in [3.8, 4) is 0 Å². The van der Waals surface area contributed by atoms with Crippen LogP contribution in [0.3, 0.4) is 0 Å². The maximum Gasteiger partial charge on any atom is 0.225 e. The van der Waals surface area contributed by atoms with Crippen molar-refractivity contribution in [2.24, 2.45) is 5.92 Å². The highest BCUT2D eigenvalue weighted by Crippen LogP contribution is 2.16. The lowest BCUT2D eigenvalue weighted by atomic mass is 9.99. The second kappa shape index (κ2) is 6.71. The molecule has 1 heterocycles. The van der Waals surface area contributed by atoms with Crippen molar-refractivity contribution in [1.82, 2.24) is 4.90 Å². The molecular formula is C16H24N2O. The second-order valence-electron chi connectivity index (χ2n) is 5.69. The third-order valence-corrected chi connectivity index (χ3v) is 3.87. The molecule has 1 saturated heterocycles. The van der Waals surface area contributed by atoms with Crippen molar-refractivity contribution >= 4 is 11.6 Å². The van der Waals surface area contributed by atoms with Crippen molar-refractivity contribution in [2.45, 2.75) is 33.1 Å². The topological polar surface area (TPSA) is 32.3 Å². The Morgan fingerprint density at radius 1 is 1.26 bits per heavy atom. The number of piperidine rings is 1. The summed E-state index contributed by atoms with van der Waals surface area (Å²) in [5.41, 5.74) is 2.10. The summed E-state index contributed by atoms with van der Waals surface area (Å²) in [7, 11) is 0. The molecule has 1 aromatic rings. The molecule has 0 aromatic heterocycles. The minimum absolute atomic E-state index is 0.113. The normalized spacial score (nSPS) is 17.4. The summed E-state index contributed by atoms with van der Waals surface area (Å²) in [6.07, 6.45) is 3.11. The molecule has 104 valence electrons. The van der Waals surface area contributed by atoms with Crippen molar-refractivity contribution in [3.63, 3.8) is 0 Å². The van der Waals surface area contributed by atoms with Gasteiger partial charge in [-0.15, -0.1) is 0 Å². The van der Waals surface area contributed by atoms with E-state index in [1.165, 1.54) is 18.4 Å². The van der Waals surface area contributed by atoms with Crippen LogP contribution in [0.25, 0.3) is 0 Å². The Balaban J connectivity index is 1.71. The molecule has 0 atom stereocenters. The van der Waals surface area contributed by atoms with E-state index in [0.29, 0.717) is 6.42 Å². The molecule has 0 spiro atoms. The maximum absolute atomic E-state index is 11.9. The van der Waals surface area contributed by atoms with E-state index in [2.05, 4.69) is 17.1 Å². The minimum Gasteiger partial charge on any atom is -0.326 e. The molecule has 1 aliphatic heterocycles. The van der Waals surface area contributed by atoms with Gasteiger partial charge in [0, 0.05) is 18.7 Å². The number of hydrogen-bond acceptors (Lipinski definition) is 2. The molecule has 1 aromatic carbocycles. The smallest absolute Gasteiger partial charge is 0.225 e. The molecule has 1 aliphatic rings. The number of rotatable bonds is 4. The molecule has 0 bridgehead atoms. The molecule has 1 amide bonds. The Morgan fingerprint density at radius 2 is 1.89 bits per heavy atom. The Labute approximate surface area is 116 Å². The van der Waals surface area contributed by atoms with Crippen LogP contribution in [0.5, 0.6) is 0 Å². The Kier molecular flexibility index (Phi) is 4.97. The first-order valence-corrected chi connectivity index (χ1v) is 7.22. The number of carbonyl (C=O) groups is 1. The molecule has 0 aliphatic carbocycles. The number of anilines is 1. The van der Waals surface area contributed by atoms with Crippen LogP contribution in [0.4, 0.5) is 5.69 Å². The van der Waals surface area contributed by atoms with Crippen LogP contribution < -0.4 is 5.32 Å². The number of nitrogens with one attached hydrogen (secondary N) is 1. The number of hydrogen-bond donors (Lipinski definition) is 1. The summed E-state index contributed by atoms with van der Waals surface area (Å²) in [6, 6.07) is 7.94. The summed E-state index contributed by atoms with van der Waals surface area (Å²) in [5.74, 6) is 0.958. The summed E-state index contributed by atoms with van der Waals surface area (Å²) in [6.45, 7) is 7.51. The average Bonchev–Trinajstić information content (AvgIpc) is 2.41. The van der Waals surface area contributed by atoms with Gasteiger partial charge in [0.1, 0.15) is 0 Å². The molecule has 3 nitrogen and oxygen atoms in total. The molecule has 0 unspecified atom stereocenters. The fourth-order valence-corrected chi connectivity index (χ4v) is 2.41. The van der Waals surface area contributed by atoms with Gasteiger partial charge in [0.05, 0.1) is 0 Å². The van der Waals surface area contributed by atoms with E-state index >= 15 is 0 Å². The highest BCUT2D eigenvalue weighted by Gasteiger charge is 2.16. The molecule has 3 heteroatoms. The summed E-state index contributed by atoms with van der Waals surface area (Å²) >= 11 is 0. The largest absolute Gasteiger partial charge is 0.326 e. The number of aryl methyl sites for hydroxylation is 1. The number of carbonyl (C=O) groups excluding carboxylic acids is 1. The Bertz CT molecular complexity index is 405. The zero-order valence-electron chi connectivity index (χ0n) is 12.0. The van der Waals surface area contributed by atoms with Crippen molar-refractivity contribution in [1.29, 1.82) is 0 Å². The average molecular weight is 260 g/mol. The first-order chi connectivity index (χ1) is 9.13. The minimum atomic E-state index is 0.113. The monoisotopic (exact) mass is 260 g/mol. The number of likely N-dealkylation sites (tertiary alicyclic amines) is 1. The van der Waals surface area contributed by atoms with Gasteiger partial charge >= 0.3 is 0 Å². The van der Waals surface area contributed by atoms with Crippen LogP contribution in [0.2, 0.25) is 0 Å². The van der Waals surface area contributed by atoms with Gasteiger partial charge in [-0.1, -0.05) is 24.6 Å². The van der Waals surface area contributed by atoms with E-state index in [4.69, 9.17) is 0 Å². The highest BCUT2D eigenvalue weighted by atomic mass is 16.1. The van der Waals surface area contributed by atoms with Crippen LogP contribution in [0, 0.1) is 12.8 Å². The third kappa shape index (κ3) is 4.67. The summed E-state index contributed by atoms with van der Waals surface area (Å²) in [5, 5.41) is 2.95. The van der Waals surface area contributed by atoms with Gasteiger partial charge in [0.2, 0.25) is 5.91 Å². The summed E-state index contributed by atoms with van der Waals surface area (Å²) in [4.78, 5) is 14.3. The highest BCUT2D eigenvalue weighted by molar-refractivity contribution is 5.90. The van der Waals surface area contributed by atoms with E-state index in [0.717, 1.165) is 31.2 Å². The number of amides is 1. The molecule has 0 radical (unpaired) electrons. The van der Waals surface area contributed by atoms with Gasteiger partial charge in [-0.2, -0.15) is 0 Å². The lowest BCUT2D eigenvalue weighted by Gasteiger charge is -2.29. The fraction of sp³-hybridized carbons (Fsp3) is 0.562. The number of nitrogens with zero attached hydrogens (tertiary/aromatic N) is 1. The van der Waals surface area contributed by atoms with E-state index in [1.807, 2.05) is 31.2 Å². The lowest BCUT2D eigenvalue weighted by Crippen LogP contribution is -2.35. The van der Waals surface area contributed by atoms with Crippen LogP contribution >= 0.6 is 0 Å². The van der Waals surface area contributed by atoms with Crippen molar-refractivity contribution < 1.29 is 4.79 Å². The zero-order valence-corrected chi connectivity index (χ0v) is 12.0. The predicted molar refractivity (Wildman–Crippen MR) is 79.3 cm³/mol. The molecule has 1 N–H and O–H groups in total. The molecule has 19 heavy (non-hydrogen) atoms. The zero-order chi connectivity index (χ0) is 13.7. The number of benzene rings is 1. The van der Waals surface area contributed by atoms with Gasteiger partial charge < -0.3 is 10.2 Å². The first kappa shape index (κ1) is 14.1. The van der Waals surface area contributed by atoms with Crippen LogP contribution in [0.15, 0.2) is 24.3 Å². The summed E-state index contributed by atoms with van der Waals surface area (Å²) < 4.78 is 0. The van der Waals surface area contributed by atoms with Crippen LogP contribution in [-0.2, 0) is 4.79 Å².